The molecule has 0 spiro atoms. The minimum Gasteiger partial charge on any atom is -0.508 e. The smallest absolute Gasteiger partial charge is 0.255 e. The summed E-state index contributed by atoms with van der Waals surface area (Å²) in [5.41, 5.74) is 0.634. The molecule has 12 heteroatoms. The monoisotopic (exact) mass is 512 g/mol. The first-order valence-corrected chi connectivity index (χ1v) is 10.2. The van der Waals surface area contributed by atoms with E-state index in [1.54, 1.807) is 0 Å². The van der Waals surface area contributed by atoms with Gasteiger partial charge in [-0.15, -0.1) is 12.4 Å². The molecule has 1 saturated carbocycles. The molecule has 3 aliphatic carbocycles. The Morgan fingerprint density at radius 2 is 1.76 bits per heavy atom. The summed E-state index contributed by atoms with van der Waals surface area (Å²) in [7, 11) is 2.84. The minimum absolute atomic E-state index is 0. The van der Waals surface area contributed by atoms with Gasteiger partial charge in [0.1, 0.15) is 22.8 Å². The summed E-state index contributed by atoms with van der Waals surface area (Å²) in [6.07, 6.45) is -1.75. The van der Waals surface area contributed by atoms with Crippen LogP contribution in [0.15, 0.2) is 35.6 Å². The van der Waals surface area contributed by atoms with Crippen LogP contribution in [0.3, 0.4) is 0 Å². The van der Waals surface area contributed by atoms with Crippen LogP contribution in [-0.2, 0) is 14.4 Å². The van der Waals surface area contributed by atoms with Crippen LogP contribution in [0, 0.1) is 11.8 Å². The number of primary amides is 1. The Hall–Kier alpha value is -2.89. The molecule has 1 aromatic rings. The van der Waals surface area contributed by atoms with E-state index < -0.39 is 75.5 Å². The molecule has 1 amide bonds. The van der Waals surface area contributed by atoms with E-state index in [1.807, 2.05) is 0 Å². The number of aromatic hydroxyl groups is 1. The lowest BCUT2D eigenvalue weighted by atomic mass is 9.55. The number of aliphatic hydroxyl groups excluding tert-OH is 3. The lowest BCUT2D eigenvalue weighted by Crippen LogP contribution is -2.70. The fourth-order valence-corrected chi connectivity index (χ4v) is 5.54. The van der Waals surface area contributed by atoms with Crippen molar-refractivity contribution in [3.05, 3.63) is 51.8 Å². The van der Waals surface area contributed by atoms with E-state index in [1.165, 1.54) is 31.1 Å². The third-order valence-corrected chi connectivity index (χ3v) is 6.99. The van der Waals surface area contributed by atoms with Gasteiger partial charge < -0.3 is 31.3 Å². The van der Waals surface area contributed by atoms with Crippen molar-refractivity contribution < 1.29 is 39.9 Å². The highest BCUT2D eigenvalue weighted by atomic mass is 35.5. The standard InChI is InChI=1S/C22H21ClN2O8.ClH/c1-6-9-7(23)4-5-8(26)11(9)16(27)12-10(6)17(28)14-15(25(2)3)18(29)13(21(24)32)20(31)22(14,33)19(12)30;/h4-5,10,14-15,17,26-28,31,33H,1H2,2-3H3,(H2,24,32);1H/t10-,14-,15+,17+,22+;/m1./s1. The van der Waals surface area contributed by atoms with E-state index in [9.17, 15) is 39.9 Å². The fourth-order valence-electron chi connectivity index (χ4n) is 5.26. The molecule has 182 valence electrons. The maximum atomic E-state index is 13.7. The van der Waals surface area contributed by atoms with Crippen LogP contribution in [0.1, 0.15) is 11.1 Å². The van der Waals surface area contributed by atoms with Gasteiger partial charge in [-0.05, 0) is 31.8 Å². The van der Waals surface area contributed by atoms with Crippen molar-refractivity contribution in [3.63, 3.8) is 0 Å². The number of benzene rings is 1. The summed E-state index contributed by atoms with van der Waals surface area (Å²) in [5.74, 6) is -9.18. The van der Waals surface area contributed by atoms with Crippen molar-refractivity contribution in [2.45, 2.75) is 17.7 Å². The second-order valence-corrected chi connectivity index (χ2v) is 8.96. The molecule has 0 bridgehead atoms. The van der Waals surface area contributed by atoms with Crippen LogP contribution in [-0.4, -0.2) is 79.7 Å². The van der Waals surface area contributed by atoms with E-state index in [-0.39, 0.29) is 34.1 Å². The number of hydrogen-bond acceptors (Lipinski definition) is 9. The number of fused-ring (bicyclic) bond motifs is 3. The number of carbonyl (C=O) groups excluding carboxylic acids is 3. The number of Topliss-reactive ketones (excluding diaryl/α,β-unsaturated/α-hetero) is 2. The molecule has 34 heavy (non-hydrogen) atoms. The Labute approximate surface area is 204 Å². The summed E-state index contributed by atoms with van der Waals surface area (Å²) >= 11 is 6.25. The predicted molar refractivity (Wildman–Crippen MR) is 123 cm³/mol. The van der Waals surface area contributed by atoms with Crippen LogP contribution in [0.5, 0.6) is 5.75 Å². The number of amides is 1. The lowest BCUT2D eigenvalue weighted by Gasteiger charge is -2.52. The van der Waals surface area contributed by atoms with Gasteiger partial charge in [0.25, 0.3) is 5.91 Å². The second-order valence-electron chi connectivity index (χ2n) is 8.55. The van der Waals surface area contributed by atoms with Gasteiger partial charge in [0.15, 0.2) is 11.4 Å². The van der Waals surface area contributed by atoms with Crippen molar-refractivity contribution in [3.8, 4) is 5.75 Å². The number of phenolic OH excluding ortho intramolecular Hbond substituents is 1. The Morgan fingerprint density at radius 3 is 2.29 bits per heavy atom. The summed E-state index contributed by atoms with van der Waals surface area (Å²) in [5, 5.41) is 55.0. The maximum absolute atomic E-state index is 13.7. The largest absolute Gasteiger partial charge is 0.508 e. The van der Waals surface area contributed by atoms with Crippen molar-refractivity contribution in [1.29, 1.82) is 0 Å². The SMILES string of the molecule is C=C1c2c(Cl)ccc(O)c2C(O)=C2C(=O)[C@]3(O)C(O)=C(C(N)=O)C(=O)[C@@H](N(C)C)[C@@H]3[C@@H](O)[C@H]12.Cl. The molecule has 0 aromatic heterocycles. The molecule has 7 N–H and O–H groups in total. The number of carbonyl (C=O) groups is 3. The van der Waals surface area contributed by atoms with Crippen LogP contribution < -0.4 is 5.73 Å². The number of nitrogens with zero attached hydrogens (tertiary/aromatic N) is 1. The topological polar surface area (TPSA) is 182 Å². The highest BCUT2D eigenvalue weighted by molar-refractivity contribution is 6.33. The normalized spacial score (nSPS) is 30.6. The second kappa shape index (κ2) is 8.10. The molecule has 10 nitrogen and oxygen atoms in total. The van der Waals surface area contributed by atoms with E-state index in [2.05, 4.69) is 6.58 Å². The number of rotatable bonds is 2. The molecule has 0 aliphatic heterocycles. The van der Waals surface area contributed by atoms with Crippen LogP contribution in [0.2, 0.25) is 5.02 Å². The summed E-state index contributed by atoms with van der Waals surface area (Å²) in [4.78, 5) is 39.9. The average molecular weight is 513 g/mol. The van der Waals surface area contributed by atoms with Crippen molar-refractivity contribution in [1.82, 2.24) is 4.90 Å². The molecule has 0 radical (unpaired) electrons. The first-order valence-electron chi connectivity index (χ1n) is 9.81. The lowest BCUT2D eigenvalue weighted by molar-refractivity contribution is -0.166. The number of nitrogens with two attached hydrogens (primary N) is 1. The first kappa shape index (κ1) is 25.7. The number of likely N-dealkylation sites (N-methyl/N-ethyl adjacent to an activating group) is 1. The summed E-state index contributed by atoms with van der Waals surface area (Å²) in [6, 6.07) is 1.08. The zero-order chi connectivity index (χ0) is 24.7. The Morgan fingerprint density at radius 1 is 1.18 bits per heavy atom. The molecule has 4 rings (SSSR count). The number of hydrogen-bond donors (Lipinski definition) is 6. The van der Waals surface area contributed by atoms with Gasteiger partial charge >= 0.3 is 0 Å². The van der Waals surface area contributed by atoms with Gasteiger partial charge in [0, 0.05) is 16.5 Å². The van der Waals surface area contributed by atoms with Crippen molar-refractivity contribution in [2.75, 3.05) is 14.1 Å². The Bertz CT molecular complexity index is 1240. The average Bonchev–Trinajstić information content (AvgIpc) is 2.72. The predicted octanol–water partition coefficient (Wildman–Crippen LogP) is 0.481. The number of ketones is 2. The summed E-state index contributed by atoms with van der Waals surface area (Å²) < 4.78 is 0. The number of aliphatic hydroxyl groups is 4. The van der Waals surface area contributed by atoms with E-state index in [4.69, 9.17) is 17.3 Å². The van der Waals surface area contributed by atoms with Gasteiger partial charge in [0.2, 0.25) is 5.78 Å². The third-order valence-electron chi connectivity index (χ3n) is 6.67. The molecule has 0 saturated heterocycles. The van der Waals surface area contributed by atoms with Crippen LogP contribution >= 0.6 is 24.0 Å². The molecule has 3 aliphatic rings. The molecular weight excluding hydrogens is 491 g/mol. The van der Waals surface area contributed by atoms with Crippen molar-refractivity contribution >= 4 is 52.8 Å². The number of halogens is 2. The van der Waals surface area contributed by atoms with Crippen LogP contribution in [0.4, 0.5) is 0 Å². The molecule has 5 atom stereocenters. The van der Waals surface area contributed by atoms with E-state index in [0.717, 1.165) is 0 Å². The first-order chi connectivity index (χ1) is 15.3. The fraction of sp³-hybridized carbons (Fsp3) is 0.318. The van der Waals surface area contributed by atoms with E-state index in [0.29, 0.717) is 0 Å². The van der Waals surface area contributed by atoms with E-state index >= 15 is 0 Å². The zero-order valence-electron chi connectivity index (χ0n) is 17.9. The zero-order valence-corrected chi connectivity index (χ0v) is 19.5. The summed E-state index contributed by atoms with van der Waals surface area (Å²) in [6.45, 7) is 3.89. The molecule has 1 aromatic carbocycles. The Balaban J connectivity index is 0.00000324. The molecule has 0 unspecified atom stereocenters. The maximum Gasteiger partial charge on any atom is 0.255 e. The van der Waals surface area contributed by atoms with Gasteiger partial charge in [-0.3, -0.25) is 19.3 Å². The molecular formula is C22H22Cl2N2O8. The quantitative estimate of drug-likeness (QED) is 0.307. The van der Waals surface area contributed by atoms with Crippen molar-refractivity contribution in [2.24, 2.45) is 17.6 Å². The van der Waals surface area contributed by atoms with Gasteiger partial charge in [-0.2, -0.15) is 0 Å². The highest BCUT2D eigenvalue weighted by Gasteiger charge is 2.68. The van der Waals surface area contributed by atoms with Gasteiger partial charge in [-0.1, -0.05) is 18.2 Å². The molecule has 0 heterocycles. The van der Waals surface area contributed by atoms with Gasteiger partial charge in [0.05, 0.1) is 29.2 Å². The Kier molecular flexibility index (Phi) is 6.13. The van der Waals surface area contributed by atoms with Gasteiger partial charge in [-0.25, -0.2) is 0 Å². The minimum atomic E-state index is -2.97. The number of phenols is 1. The highest BCUT2D eigenvalue weighted by Crippen LogP contribution is 2.56. The van der Waals surface area contributed by atoms with Crippen LogP contribution in [0.25, 0.3) is 11.3 Å². The third kappa shape index (κ3) is 2.96. The molecule has 1 fully saturated rings.